The molecule has 0 bridgehead atoms. The zero-order valence-corrected chi connectivity index (χ0v) is 18.6. The molecule has 0 radical (unpaired) electrons. The highest BCUT2D eigenvalue weighted by atomic mass is 32.2. The number of sulfonamides is 1. The summed E-state index contributed by atoms with van der Waals surface area (Å²) in [6.45, 7) is 5.13. The highest BCUT2D eigenvalue weighted by Crippen LogP contribution is 2.18. The van der Waals surface area contributed by atoms with E-state index in [-0.39, 0.29) is 18.5 Å². The van der Waals surface area contributed by atoms with Gasteiger partial charge in [0.05, 0.1) is 11.9 Å². The van der Waals surface area contributed by atoms with Crippen LogP contribution in [0.2, 0.25) is 0 Å². The number of amides is 2. The molecule has 0 saturated heterocycles. The Kier molecular flexibility index (Phi) is 8.00. The van der Waals surface area contributed by atoms with Crippen LogP contribution in [0.15, 0.2) is 60.7 Å². The summed E-state index contributed by atoms with van der Waals surface area (Å²) in [6.07, 6.45) is 1.06. The number of rotatable bonds is 9. The van der Waals surface area contributed by atoms with Gasteiger partial charge in [-0.3, -0.25) is 13.9 Å². The van der Waals surface area contributed by atoms with E-state index in [4.69, 9.17) is 0 Å². The molecule has 0 fully saturated rings. The molecule has 0 aliphatic rings. The van der Waals surface area contributed by atoms with E-state index in [1.165, 1.54) is 4.90 Å². The molecule has 1 N–H and O–H groups in total. The third-order valence-electron chi connectivity index (χ3n) is 4.52. The maximum atomic E-state index is 13.2. The van der Waals surface area contributed by atoms with Gasteiger partial charge in [0.2, 0.25) is 21.8 Å². The largest absolute Gasteiger partial charge is 0.352 e. The van der Waals surface area contributed by atoms with Gasteiger partial charge in [-0.2, -0.15) is 0 Å². The van der Waals surface area contributed by atoms with Gasteiger partial charge in [0.15, 0.2) is 0 Å². The molecule has 0 aliphatic heterocycles. The Morgan fingerprint density at radius 2 is 1.47 bits per heavy atom. The second-order valence-electron chi connectivity index (χ2n) is 7.45. The van der Waals surface area contributed by atoms with E-state index >= 15 is 0 Å². The van der Waals surface area contributed by atoms with Crippen LogP contribution in [0.1, 0.15) is 26.3 Å². The molecular formula is C22H29N3O4S. The van der Waals surface area contributed by atoms with Gasteiger partial charge in [-0.15, -0.1) is 0 Å². The number of hydrogen-bond acceptors (Lipinski definition) is 4. The van der Waals surface area contributed by atoms with Crippen LogP contribution in [0.5, 0.6) is 0 Å². The normalized spacial score (nSPS) is 12.3. The lowest BCUT2D eigenvalue weighted by molar-refractivity contribution is -0.139. The lowest BCUT2D eigenvalue weighted by atomic mass is 10.1. The molecule has 1 atom stereocenters. The van der Waals surface area contributed by atoms with Crippen molar-refractivity contribution in [2.24, 2.45) is 0 Å². The summed E-state index contributed by atoms with van der Waals surface area (Å²) in [7, 11) is -3.70. The minimum absolute atomic E-state index is 0.0783. The van der Waals surface area contributed by atoms with Crippen LogP contribution in [-0.2, 0) is 26.2 Å². The van der Waals surface area contributed by atoms with Crippen molar-refractivity contribution in [2.75, 3.05) is 17.1 Å². The first-order valence-electron chi connectivity index (χ1n) is 9.76. The molecule has 8 heteroatoms. The van der Waals surface area contributed by atoms with Crippen molar-refractivity contribution in [1.29, 1.82) is 0 Å². The van der Waals surface area contributed by atoms with Gasteiger partial charge in [-0.05, 0) is 38.5 Å². The zero-order valence-electron chi connectivity index (χ0n) is 17.8. The number of carbonyl (C=O) groups is 2. The lowest BCUT2D eigenvalue weighted by Crippen LogP contribution is -2.52. The van der Waals surface area contributed by atoms with E-state index in [1.54, 1.807) is 37.3 Å². The van der Waals surface area contributed by atoms with Crippen molar-refractivity contribution in [3.8, 4) is 0 Å². The quantitative estimate of drug-likeness (QED) is 0.661. The van der Waals surface area contributed by atoms with Gasteiger partial charge in [0.25, 0.3) is 0 Å². The molecule has 0 aromatic heterocycles. The van der Waals surface area contributed by atoms with Crippen molar-refractivity contribution < 1.29 is 18.0 Å². The monoisotopic (exact) mass is 431 g/mol. The first-order valence-corrected chi connectivity index (χ1v) is 11.6. The summed E-state index contributed by atoms with van der Waals surface area (Å²) in [5.74, 6) is -0.751. The molecule has 162 valence electrons. The minimum Gasteiger partial charge on any atom is -0.352 e. The molecule has 0 saturated carbocycles. The molecule has 2 rings (SSSR count). The smallest absolute Gasteiger partial charge is 0.244 e. The Morgan fingerprint density at radius 1 is 0.933 bits per heavy atom. The average molecular weight is 432 g/mol. The summed E-state index contributed by atoms with van der Waals surface area (Å²) in [4.78, 5) is 27.3. The van der Waals surface area contributed by atoms with E-state index in [0.29, 0.717) is 5.69 Å². The highest BCUT2D eigenvalue weighted by molar-refractivity contribution is 7.92. The minimum atomic E-state index is -3.70. The van der Waals surface area contributed by atoms with Crippen LogP contribution in [0.4, 0.5) is 5.69 Å². The van der Waals surface area contributed by atoms with Gasteiger partial charge in [-0.25, -0.2) is 8.42 Å². The van der Waals surface area contributed by atoms with E-state index in [1.807, 2.05) is 44.2 Å². The third-order valence-corrected chi connectivity index (χ3v) is 5.66. The van der Waals surface area contributed by atoms with Gasteiger partial charge >= 0.3 is 0 Å². The lowest BCUT2D eigenvalue weighted by Gasteiger charge is -2.31. The number of carbonyl (C=O) groups excluding carboxylic acids is 2. The van der Waals surface area contributed by atoms with E-state index in [9.17, 15) is 18.0 Å². The predicted octanol–water partition coefficient (Wildman–Crippen LogP) is 2.39. The van der Waals surface area contributed by atoms with Gasteiger partial charge in [0, 0.05) is 12.6 Å². The van der Waals surface area contributed by atoms with E-state index in [0.717, 1.165) is 16.1 Å². The van der Waals surface area contributed by atoms with Gasteiger partial charge < -0.3 is 10.2 Å². The molecule has 0 spiro atoms. The number of nitrogens with one attached hydrogen (secondary N) is 1. The number of hydrogen-bond donors (Lipinski definition) is 1. The first-order chi connectivity index (χ1) is 14.1. The van der Waals surface area contributed by atoms with Crippen molar-refractivity contribution >= 4 is 27.5 Å². The summed E-state index contributed by atoms with van der Waals surface area (Å²) in [5, 5.41) is 2.81. The number of para-hydroxylation sites is 1. The average Bonchev–Trinajstić information content (AvgIpc) is 2.69. The summed E-state index contributed by atoms with van der Waals surface area (Å²) in [5.41, 5.74) is 1.24. The summed E-state index contributed by atoms with van der Waals surface area (Å²) < 4.78 is 25.8. The third kappa shape index (κ3) is 6.59. The maximum absolute atomic E-state index is 13.2. The van der Waals surface area contributed by atoms with E-state index < -0.39 is 28.5 Å². The van der Waals surface area contributed by atoms with Gasteiger partial charge in [-0.1, -0.05) is 48.5 Å². The fraction of sp³-hybridized carbons (Fsp3) is 0.364. The van der Waals surface area contributed by atoms with Crippen LogP contribution < -0.4 is 9.62 Å². The SMILES string of the molecule is CC(C)NC(=O)C(C)N(Cc1ccccc1)C(=O)CN(c1ccccc1)S(C)(=O)=O. The zero-order chi connectivity index (χ0) is 22.3. The molecule has 2 amide bonds. The van der Waals surface area contributed by atoms with Crippen LogP contribution in [0, 0.1) is 0 Å². The van der Waals surface area contributed by atoms with Gasteiger partial charge in [0.1, 0.15) is 12.6 Å². The molecular weight excluding hydrogens is 402 g/mol. The first kappa shape index (κ1) is 23.4. The van der Waals surface area contributed by atoms with Crippen molar-refractivity contribution in [3.05, 3.63) is 66.2 Å². The summed E-state index contributed by atoms with van der Waals surface area (Å²) >= 11 is 0. The molecule has 2 aromatic rings. The Morgan fingerprint density at radius 3 is 1.97 bits per heavy atom. The van der Waals surface area contributed by atoms with Crippen LogP contribution in [0.25, 0.3) is 0 Å². The van der Waals surface area contributed by atoms with Crippen LogP contribution in [-0.4, -0.2) is 50.0 Å². The fourth-order valence-corrected chi connectivity index (χ4v) is 3.83. The molecule has 0 heterocycles. The Labute approximate surface area is 178 Å². The number of anilines is 1. The number of nitrogens with zero attached hydrogens (tertiary/aromatic N) is 2. The molecule has 0 aliphatic carbocycles. The predicted molar refractivity (Wildman–Crippen MR) is 118 cm³/mol. The van der Waals surface area contributed by atoms with Crippen molar-refractivity contribution in [1.82, 2.24) is 10.2 Å². The molecule has 30 heavy (non-hydrogen) atoms. The topological polar surface area (TPSA) is 86.8 Å². The Hall–Kier alpha value is -2.87. The Bertz CT molecular complexity index is 947. The molecule has 2 aromatic carbocycles. The van der Waals surface area contributed by atoms with Crippen molar-refractivity contribution in [3.63, 3.8) is 0 Å². The van der Waals surface area contributed by atoms with Crippen molar-refractivity contribution in [2.45, 2.75) is 39.4 Å². The fourth-order valence-electron chi connectivity index (χ4n) is 2.98. The summed E-state index contributed by atoms with van der Waals surface area (Å²) in [6, 6.07) is 16.9. The van der Waals surface area contributed by atoms with Crippen LogP contribution in [0.3, 0.4) is 0 Å². The standard InChI is InChI=1S/C22H29N3O4S/c1-17(2)23-22(27)18(3)24(15-19-11-7-5-8-12-19)21(26)16-25(30(4,28)29)20-13-9-6-10-14-20/h5-14,17-18H,15-16H2,1-4H3,(H,23,27). The van der Waals surface area contributed by atoms with Crippen LogP contribution >= 0.6 is 0 Å². The second kappa shape index (κ2) is 10.2. The maximum Gasteiger partial charge on any atom is 0.244 e. The highest BCUT2D eigenvalue weighted by Gasteiger charge is 2.30. The molecule has 1 unspecified atom stereocenters. The van der Waals surface area contributed by atoms with E-state index in [2.05, 4.69) is 5.32 Å². The number of benzene rings is 2. The molecule has 7 nitrogen and oxygen atoms in total. The second-order valence-corrected chi connectivity index (χ2v) is 9.36. The Balaban J connectivity index is 2.33.